The molecule has 0 unspecified atom stereocenters. The molecule has 0 radical (unpaired) electrons. The molecule has 2 aromatic heterocycles. The summed E-state index contributed by atoms with van der Waals surface area (Å²) in [4.78, 5) is 12.3. The fourth-order valence-corrected chi connectivity index (χ4v) is 2.27. The Labute approximate surface area is 103 Å². The minimum atomic E-state index is -0.334. The maximum atomic E-state index is 9.42. The molecule has 88 valence electrons. The number of allylic oxidation sites excluding steroid dienone is 1. The Bertz CT molecular complexity index is 580. The number of nitrogens with zero attached hydrogens (tertiary/aromatic N) is 4. The van der Waals surface area contributed by atoms with E-state index < -0.39 is 0 Å². The van der Waals surface area contributed by atoms with Crippen LogP contribution in [-0.2, 0) is 0 Å². The first-order valence-electron chi connectivity index (χ1n) is 5.45. The van der Waals surface area contributed by atoms with Gasteiger partial charge in [0.2, 0.25) is 0 Å². The summed E-state index contributed by atoms with van der Waals surface area (Å²) < 4.78 is 1.96. The van der Waals surface area contributed by atoms with Crippen molar-refractivity contribution in [2.24, 2.45) is 0 Å². The zero-order chi connectivity index (χ0) is 11.8. The highest BCUT2D eigenvalue weighted by Crippen LogP contribution is 2.27. The molecule has 0 saturated carbocycles. The fourth-order valence-electron chi connectivity index (χ4n) is 2.09. The molecule has 1 aliphatic carbocycles. The van der Waals surface area contributed by atoms with Crippen LogP contribution in [0.15, 0.2) is 24.8 Å². The Morgan fingerprint density at radius 1 is 1.24 bits per heavy atom. The van der Waals surface area contributed by atoms with Crippen molar-refractivity contribution in [3.63, 3.8) is 0 Å². The van der Waals surface area contributed by atoms with Crippen LogP contribution in [0.3, 0.4) is 0 Å². The Morgan fingerprint density at radius 2 is 2.12 bits per heavy atom. The van der Waals surface area contributed by atoms with Gasteiger partial charge in [-0.1, -0.05) is 23.8 Å². The molecule has 1 N–H and O–H groups in total. The first-order chi connectivity index (χ1) is 8.25. The lowest BCUT2D eigenvalue weighted by Crippen LogP contribution is -2.15. The van der Waals surface area contributed by atoms with E-state index in [4.69, 9.17) is 11.6 Å². The van der Waals surface area contributed by atoms with E-state index in [0.29, 0.717) is 10.7 Å². The third kappa shape index (κ3) is 1.81. The molecule has 0 aromatic carbocycles. The van der Waals surface area contributed by atoms with Crippen molar-refractivity contribution in [1.29, 1.82) is 0 Å². The monoisotopic (exact) mass is 250 g/mol. The predicted molar refractivity (Wildman–Crippen MR) is 63.8 cm³/mol. The van der Waals surface area contributed by atoms with Gasteiger partial charge in [0.1, 0.15) is 11.8 Å². The summed E-state index contributed by atoms with van der Waals surface area (Å²) in [5, 5.41) is 9.79. The van der Waals surface area contributed by atoms with Gasteiger partial charge in [0, 0.05) is 0 Å². The van der Waals surface area contributed by atoms with E-state index in [1.807, 2.05) is 16.7 Å². The highest BCUT2D eigenvalue weighted by molar-refractivity contribution is 6.33. The summed E-state index contributed by atoms with van der Waals surface area (Å²) in [6.07, 6.45) is 8.22. The van der Waals surface area contributed by atoms with Gasteiger partial charge >= 0.3 is 0 Å². The van der Waals surface area contributed by atoms with Gasteiger partial charge in [-0.2, -0.15) is 0 Å². The summed E-state index contributed by atoms with van der Waals surface area (Å²) in [5.41, 5.74) is 1.35. The molecule has 2 aromatic rings. The van der Waals surface area contributed by atoms with Gasteiger partial charge in [-0.05, 0) is 12.8 Å². The summed E-state index contributed by atoms with van der Waals surface area (Å²) in [6, 6.07) is 0.175. The zero-order valence-corrected chi connectivity index (χ0v) is 9.75. The number of halogens is 1. The van der Waals surface area contributed by atoms with Crippen molar-refractivity contribution >= 4 is 22.8 Å². The fraction of sp³-hybridized carbons (Fsp3) is 0.364. The number of rotatable bonds is 1. The molecule has 6 heteroatoms. The molecule has 2 heterocycles. The van der Waals surface area contributed by atoms with Crippen LogP contribution in [0.1, 0.15) is 18.9 Å². The topological polar surface area (TPSA) is 63.8 Å². The first-order valence-corrected chi connectivity index (χ1v) is 5.83. The number of hydrogen-bond donors (Lipinski definition) is 1. The number of aromatic nitrogens is 4. The molecule has 2 atom stereocenters. The Hall–Kier alpha value is -1.46. The largest absolute Gasteiger partial charge is 0.389 e. The average Bonchev–Trinajstić information content (AvgIpc) is 2.75. The number of hydrogen-bond acceptors (Lipinski definition) is 4. The maximum Gasteiger partial charge on any atom is 0.165 e. The summed E-state index contributed by atoms with van der Waals surface area (Å²) in [5.74, 6) is 0. The standard InChI is InChI=1S/C11H11ClN4O/c12-10-9-11(14-5-13-10)16(6-15-9)7-1-3-8(17)4-2-7/h1,3,5-8,17H,2,4H2/t7-,8-/m1/s1. The molecule has 3 rings (SSSR count). The van der Waals surface area contributed by atoms with E-state index in [1.165, 1.54) is 6.33 Å². The second-order valence-corrected chi connectivity index (χ2v) is 4.44. The maximum absolute atomic E-state index is 9.42. The van der Waals surface area contributed by atoms with Crippen LogP contribution in [0.25, 0.3) is 11.2 Å². The van der Waals surface area contributed by atoms with Crippen LogP contribution in [0.5, 0.6) is 0 Å². The van der Waals surface area contributed by atoms with Gasteiger partial charge in [0.15, 0.2) is 10.8 Å². The van der Waals surface area contributed by atoms with E-state index in [2.05, 4.69) is 15.0 Å². The van der Waals surface area contributed by atoms with Crippen LogP contribution < -0.4 is 0 Å². The van der Waals surface area contributed by atoms with Crippen molar-refractivity contribution in [3.8, 4) is 0 Å². The van der Waals surface area contributed by atoms with Gasteiger partial charge in [0.05, 0.1) is 18.5 Å². The van der Waals surface area contributed by atoms with Gasteiger partial charge in [-0.25, -0.2) is 15.0 Å². The minimum Gasteiger partial charge on any atom is -0.389 e. The van der Waals surface area contributed by atoms with E-state index in [1.54, 1.807) is 6.33 Å². The van der Waals surface area contributed by atoms with Crippen molar-refractivity contribution < 1.29 is 5.11 Å². The van der Waals surface area contributed by atoms with E-state index in [-0.39, 0.29) is 12.1 Å². The minimum absolute atomic E-state index is 0.175. The van der Waals surface area contributed by atoms with E-state index in [0.717, 1.165) is 18.5 Å². The van der Waals surface area contributed by atoms with Crippen LogP contribution in [-0.4, -0.2) is 30.7 Å². The number of imidazole rings is 1. The van der Waals surface area contributed by atoms with Crippen LogP contribution >= 0.6 is 11.6 Å². The SMILES string of the molecule is O[C@@H]1C=C[C@@H](n2cnc3c(Cl)ncnc32)CC1. The number of aliphatic hydroxyl groups excluding tert-OH is 1. The molecule has 17 heavy (non-hydrogen) atoms. The normalized spacial score (nSPS) is 24.4. The van der Waals surface area contributed by atoms with E-state index >= 15 is 0 Å². The quantitative estimate of drug-likeness (QED) is 0.618. The molecular weight excluding hydrogens is 240 g/mol. The lowest BCUT2D eigenvalue weighted by molar-refractivity contribution is 0.195. The third-order valence-electron chi connectivity index (χ3n) is 2.99. The molecule has 0 aliphatic heterocycles. The van der Waals surface area contributed by atoms with Gasteiger partial charge in [0.25, 0.3) is 0 Å². The predicted octanol–water partition coefficient (Wildman–Crippen LogP) is 1.73. The first kappa shape index (κ1) is 10.7. The van der Waals surface area contributed by atoms with Gasteiger partial charge < -0.3 is 9.67 Å². The highest BCUT2D eigenvalue weighted by Gasteiger charge is 2.18. The summed E-state index contributed by atoms with van der Waals surface area (Å²) in [6.45, 7) is 0. The van der Waals surface area contributed by atoms with Crippen molar-refractivity contribution in [1.82, 2.24) is 19.5 Å². The molecule has 0 spiro atoms. The van der Waals surface area contributed by atoms with Crippen LogP contribution in [0.2, 0.25) is 5.15 Å². The lowest BCUT2D eigenvalue weighted by atomic mass is 10.0. The summed E-state index contributed by atoms with van der Waals surface area (Å²) in [7, 11) is 0. The van der Waals surface area contributed by atoms with Crippen molar-refractivity contribution in [3.05, 3.63) is 30.0 Å². The molecule has 5 nitrogen and oxygen atoms in total. The van der Waals surface area contributed by atoms with Crippen molar-refractivity contribution in [2.45, 2.75) is 25.0 Å². The summed E-state index contributed by atoms with van der Waals surface area (Å²) >= 11 is 5.95. The molecule has 0 amide bonds. The molecule has 0 saturated heterocycles. The lowest BCUT2D eigenvalue weighted by Gasteiger charge is -2.20. The zero-order valence-electron chi connectivity index (χ0n) is 8.99. The second kappa shape index (κ2) is 4.09. The molecular formula is C11H11ClN4O. The van der Waals surface area contributed by atoms with Gasteiger partial charge in [-0.15, -0.1) is 0 Å². The van der Waals surface area contributed by atoms with Crippen molar-refractivity contribution in [2.75, 3.05) is 0 Å². The van der Waals surface area contributed by atoms with Crippen LogP contribution in [0.4, 0.5) is 0 Å². The third-order valence-corrected chi connectivity index (χ3v) is 3.26. The molecule has 0 bridgehead atoms. The van der Waals surface area contributed by atoms with E-state index in [9.17, 15) is 5.11 Å². The number of fused-ring (bicyclic) bond motifs is 1. The average molecular weight is 251 g/mol. The Kier molecular flexibility index (Phi) is 2.57. The molecule has 0 fully saturated rings. The smallest absolute Gasteiger partial charge is 0.165 e. The Morgan fingerprint density at radius 3 is 2.88 bits per heavy atom. The Balaban J connectivity index is 2.07. The van der Waals surface area contributed by atoms with Gasteiger partial charge in [-0.3, -0.25) is 0 Å². The molecule has 1 aliphatic rings. The second-order valence-electron chi connectivity index (χ2n) is 4.09. The van der Waals surface area contributed by atoms with Crippen LogP contribution in [0, 0.1) is 0 Å². The highest BCUT2D eigenvalue weighted by atomic mass is 35.5. The number of aliphatic hydroxyl groups is 1.